The molecule has 0 atom stereocenters. The summed E-state index contributed by atoms with van der Waals surface area (Å²) in [4.78, 5) is 28.9. The third kappa shape index (κ3) is 5.14. The number of aromatic nitrogens is 1. The quantitative estimate of drug-likeness (QED) is 0.480. The summed E-state index contributed by atoms with van der Waals surface area (Å²) in [5.41, 5.74) is 2.18. The molecule has 1 N–H and O–H groups in total. The molecule has 0 aliphatic heterocycles. The molecule has 0 saturated heterocycles. The molecule has 8 heteroatoms. The molecule has 0 amide bonds. The van der Waals surface area contributed by atoms with Gasteiger partial charge in [0.2, 0.25) is 5.30 Å². The van der Waals surface area contributed by atoms with Crippen molar-refractivity contribution in [3.8, 4) is 11.1 Å². The Morgan fingerprint density at radius 3 is 2.10 bits per heavy atom. The van der Waals surface area contributed by atoms with Crippen LogP contribution in [-0.2, 0) is 13.8 Å². The van der Waals surface area contributed by atoms with Gasteiger partial charge in [0, 0.05) is 10.6 Å². The molecule has 158 valence electrons. The van der Waals surface area contributed by atoms with E-state index in [9.17, 15) is 9.69 Å². The Morgan fingerprint density at radius 2 is 1.62 bits per heavy atom. The number of nitrogens with zero attached hydrogens (tertiary/aromatic N) is 1. The molecule has 1 aromatic carbocycles. The van der Waals surface area contributed by atoms with Crippen molar-refractivity contribution in [1.29, 1.82) is 0 Å². The van der Waals surface area contributed by atoms with Crippen molar-refractivity contribution in [1.82, 2.24) is 4.98 Å². The van der Waals surface area contributed by atoms with Crippen LogP contribution in [0.15, 0.2) is 24.3 Å². The van der Waals surface area contributed by atoms with Gasteiger partial charge in [-0.15, -0.1) is 0 Å². The molecule has 1 heterocycles. The van der Waals surface area contributed by atoms with Gasteiger partial charge >= 0.3 is 13.9 Å². The summed E-state index contributed by atoms with van der Waals surface area (Å²) >= 11 is 6.49. The van der Waals surface area contributed by atoms with E-state index in [1.165, 1.54) is 7.11 Å². The minimum atomic E-state index is -3.62. The topological polar surface area (TPSA) is 77.9 Å². The third-order valence-electron chi connectivity index (χ3n) is 4.05. The van der Waals surface area contributed by atoms with Gasteiger partial charge in [-0.3, -0.25) is 4.98 Å². The molecule has 29 heavy (non-hydrogen) atoms. The van der Waals surface area contributed by atoms with E-state index in [-0.39, 0.29) is 17.8 Å². The number of methoxy groups -OCH3 is 1. The van der Waals surface area contributed by atoms with Crippen LogP contribution < -0.4 is 5.30 Å². The average molecular weight is 441 g/mol. The highest BCUT2D eigenvalue weighted by atomic mass is 35.5. The van der Waals surface area contributed by atoms with E-state index >= 15 is 0 Å². The zero-order valence-electron chi connectivity index (χ0n) is 17.8. The number of pyridine rings is 1. The maximum Gasteiger partial charge on any atom is 0.449 e. The Labute approximate surface area is 177 Å². The summed E-state index contributed by atoms with van der Waals surface area (Å²) in [6.07, 6.45) is -0.651. The summed E-state index contributed by atoms with van der Waals surface area (Å²) in [6, 6.07) is 7.10. The number of halogens is 1. The van der Waals surface area contributed by atoms with E-state index in [2.05, 4.69) is 4.98 Å². The van der Waals surface area contributed by atoms with Gasteiger partial charge in [-0.2, -0.15) is 13.9 Å². The SMILES string of the molecule is COC(=O)c1c(C)nc(C)c([P+](O)(OC(C)C)OC(C)C)c1-c1ccccc1Cl. The van der Waals surface area contributed by atoms with E-state index in [1.54, 1.807) is 38.1 Å². The molecule has 0 unspecified atom stereocenters. The second-order valence-electron chi connectivity index (χ2n) is 7.18. The molecule has 2 aromatic rings. The van der Waals surface area contributed by atoms with Crippen molar-refractivity contribution in [3.63, 3.8) is 0 Å². The summed E-state index contributed by atoms with van der Waals surface area (Å²) in [7, 11) is -2.32. The Balaban J connectivity index is 3.01. The lowest BCUT2D eigenvalue weighted by Gasteiger charge is -2.25. The first-order chi connectivity index (χ1) is 13.5. The number of rotatable bonds is 7. The van der Waals surface area contributed by atoms with E-state index in [0.29, 0.717) is 32.8 Å². The molecular formula is C21H28ClNO5P+. The summed E-state index contributed by atoms with van der Waals surface area (Å²) < 4.78 is 16.9. The van der Waals surface area contributed by atoms with Crippen molar-refractivity contribution in [3.05, 3.63) is 46.2 Å². The maximum absolute atomic E-state index is 12.7. The van der Waals surface area contributed by atoms with Crippen LogP contribution in [0.1, 0.15) is 49.4 Å². The third-order valence-corrected chi connectivity index (χ3v) is 6.91. The summed E-state index contributed by atoms with van der Waals surface area (Å²) in [5, 5.41) is 0.753. The van der Waals surface area contributed by atoms with Gasteiger partial charge in [-0.25, -0.2) is 4.79 Å². The number of hydrogen-bond acceptors (Lipinski definition) is 6. The molecule has 0 radical (unpaired) electrons. The smallest absolute Gasteiger partial charge is 0.449 e. The number of benzene rings is 1. The standard InChI is InChI=1S/C21H28ClNO5P/c1-12(2)27-29(25,28-13(3)4)20-15(6)23-14(5)18(21(24)26-7)19(20)16-10-8-9-11-17(16)22/h8-13,25H,1-7H3/q+1. The van der Waals surface area contributed by atoms with E-state index in [4.69, 9.17) is 25.4 Å². The zero-order valence-corrected chi connectivity index (χ0v) is 19.5. The van der Waals surface area contributed by atoms with Crippen LogP contribution in [0.2, 0.25) is 5.02 Å². The lowest BCUT2D eigenvalue weighted by Crippen LogP contribution is -2.29. The molecule has 0 spiro atoms. The highest BCUT2D eigenvalue weighted by molar-refractivity contribution is 7.69. The maximum atomic E-state index is 12.7. The fourth-order valence-corrected chi connectivity index (χ4v) is 5.77. The predicted molar refractivity (Wildman–Crippen MR) is 117 cm³/mol. The van der Waals surface area contributed by atoms with Gasteiger partial charge in [0.1, 0.15) is 12.2 Å². The van der Waals surface area contributed by atoms with Gasteiger partial charge in [0.05, 0.1) is 29.6 Å². The molecule has 0 saturated carbocycles. The molecular weight excluding hydrogens is 413 g/mol. The molecule has 2 rings (SSSR count). The van der Waals surface area contributed by atoms with Crippen LogP contribution in [0.5, 0.6) is 0 Å². The number of ether oxygens (including phenoxy) is 1. The fourth-order valence-electron chi connectivity index (χ4n) is 3.17. The zero-order chi connectivity index (χ0) is 21.9. The number of esters is 1. The summed E-state index contributed by atoms with van der Waals surface area (Å²) in [5.74, 6) is -0.577. The van der Waals surface area contributed by atoms with Crippen molar-refractivity contribution < 1.29 is 23.5 Å². The fraction of sp³-hybridized carbons (Fsp3) is 0.429. The molecule has 0 aliphatic carbocycles. The second kappa shape index (κ2) is 9.50. The van der Waals surface area contributed by atoms with Crippen LogP contribution in [0.3, 0.4) is 0 Å². The van der Waals surface area contributed by atoms with Crippen LogP contribution in [-0.4, -0.2) is 35.2 Å². The van der Waals surface area contributed by atoms with Crippen LogP contribution >= 0.6 is 19.5 Å². The van der Waals surface area contributed by atoms with Gasteiger partial charge in [-0.1, -0.05) is 29.8 Å². The van der Waals surface area contributed by atoms with E-state index in [0.717, 1.165) is 0 Å². The van der Waals surface area contributed by atoms with Crippen molar-refractivity contribution in [2.24, 2.45) is 0 Å². The van der Waals surface area contributed by atoms with Crippen molar-refractivity contribution >= 4 is 30.8 Å². The lowest BCUT2D eigenvalue weighted by molar-refractivity contribution is 0.0600. The number of carbonyl (C=O) groups excluding carboxylic acids is 1. The first-order valence-corrected chi connectivity index (χ1v) is 11.3. The van der Waals surface area contributed by atoms with Gasteiger partial charge in [0.15, 0.2) is 0 Å². The minimum absolute atomic E-state index is 0.222. The second-order valence-corrected chi connectivity index (χ2v) is 9.50. The summed E-state index contributed by atoms with van der Waals surface area (Å²) in [6.45, 7) is 10.7. The molecule has 0 aliphatic rings. The molecule has 0 fully saturated rings. The number of hydrogen-bond donors (Lipinski definition) is 1. The molecule has 0 bridgehead atoms. The first-order valence-electron chi connectivity index (χ1n) is 9.35. The van der Waals surface area contributed by atoms with Gasteiger partial charge in [0.25, 0.3) is 0 Å². The van der Waals surface area contributed by atoms with Crippen LogP contribution in [0.25, 0.3) is 11.1 Å². The Morgan fingerprint density at radius 1 is 1.07 bits per heavy atom. The van der Waals surface area contributed by atoms with E-state index in [1.807, 2.05) is 27.7 Å². The highest BCUT2D eigenvalue weighted by Crippen LogP contribution is 2.60. The van der Waals surface area contributed by atoms with Crippen molar-refractivity contribution in [2.75, 3.05) is 7.11 Å². The number of carbonyl (C=O) groups is 1. The average Bonchev–Trinajstić information content (AvgIpc) is 2.59. The van der Waals surface area contributed by atoms with Gasteiger partial charge in [-0.05, 0) is 47.6 Å². The van der Waals surface area contributed by atoms with E-state index < -0.39 is 13.9 Å². The number of aryl methyl sites for hydroxylation is 2. The molecule has 1 aromatic heterocycles. The Kier molecular flexibility index (Phi) is 7.77. The van der Waals surface area contributed by atoms with Crippen LogP contribution in [0.4, 0.5) is 0 Å². The predicted octanol–water partition coefficient (Wildman–Crippen LogP) is 5.04. The van der Waals surface area contributed by atoms with Crippen molar-refractivity contribution in [2.45, 2.75) is 53.8 Å². The van der Waals surface area contributed by atoms with Crippen LogP contribution in [0, 0.1) is 13.8 Å². The minimum Gasteiger partial charge on any atom is -0.465 e. The largest absolute Gasteiger partial charge is 0.465 e. The lowest BCUT2D eigenvalue weighted by atomic mass is 9.98. The first kappa shape index (κ1) is 23.7. The Hall–Kier alpha value is -1.56. The monoisotopic (exact) mass is 440 g/mol. The molecule has 6 nitrogen and oxygen atoms in total. The Bertz CT molecular complexity index is 891. The highest BCUT2D eigenvalue weighted by Gasteiger charge is 2.52. The normalized spacial score (nSPS) is 12.0. The van der Waals surface area contributed by atoms with Gasteiger partial charge < -0.3 is 4.74 Å².